The number of fused-ring (bicyclic) bond motifs is 1. The minimum atomic E-state index is -0.356. The molecule has 98 valence electrons. The van der Waals surface area contributed by atoms with Crippen LogP contribution in [0.2, 0.25) is 0 Å². The van der Waals surface area contributed by atoms with Crippen molar-refractivity contribution in [2.75, 3.05) is 25.6 Å². The third kappa shape index (κ3) is 2.08. The van der Waals surface area contributed by atoms with E-state index in [4.69, 9.17) is 9.47 Å². The first-order valence-electron chi connectivity index (χ1n) is 5.74. The fraction of sp³-hybridized carbons (Fsp3) is 0.545. The minimum absolute atomic E-state index is 0.229. The van der Waals surface area contributed by atoms with E-state index in [1.165, 1.54) is 6.33 Å². The number of ether oxygens (including phenoxy) is 2. The number of hydrogen-bond donors (Lipinski definition) is 1. The van der Waals surface area contributed by atoms with Crippen molar-refractivity contribution >= 4 is 11.9 Å². The van der Waals surface area contributed by atoms with Crippen LogP contribution in [0.1, 0.15) is 19.9 Å². The van der Waals surface area contributed by atoms with Gasteiger partial charge in [-0.25, -0.2) is 9.48 Å². The smallest absolute Gasteiger partial charge is 0.338 e. The number of aromatic nitrogens is 3. The number of nitrogens with one attached hydrogen (secondary N) is 1. The van der Waals surface area contributed by atoms with Crippen LogP contribution < -0.4 is 5.32 Å². The molecule has 2 rings (SSSR count). The molecule has 0 radical (unpaired) electrons. The van der Waals surface area contributed by atoms with E-state index < -0.39 is 0 Å². The van der Waals surface area contributed by atoms with Gasteiger partial charge in [-0.05, 0) is 13.8 Å². The summed E-state index contributed by atoms with van der Waals surface area (Å²) in [4.78, 5) is 16.1. The molecule has 0 saturated heterocycles. The van der Waals surface area contributed by atoms with Crippen LogP contribution in [0.4, 0.5) is 5.95 Å². The number of anilines is 1. The maximum Gasteiger partial charge on any atom is 0.338 e. The van der Waals surface area contributed by atoms with E-state index in [0.717, 1.165) is 0 Å². The van der Waals surface area contributed by atoms with Crippen LogP contribution in [0.25, 0.3) is 0 Å². The Morgan fingerprint density at radius 2 is 2.39 bits per heavy atom. The van der Waals surface area contributed by atoms with Gasteiger partial charge >= 0.3 is 5.97 Å². The summed E-state index contributed by atoms with van der Waals surface area (Å²) in [6.45, 7) is 4.28. The van der Waals surface area contributed by atoms with Gasteiger partial charge in [0.15, 0.2) is 0 Å². The van der Waals surface area contributed by atoms with Gasteiger partial charge in [0.05, 0.1) is 30.5 Å². The highest BCUT2D eigenvalue weighted by molar-refractivity contribution is 5.91. The van der Waals surface area contributed by atoms with Gasteiger partial charge < -0.3 is 14.8 Å². The third-order valence-electron chi connectivity index (χ3n) is 2.73. The Labute approximate surface area is 105 Å². The molecule has 7 heteroatoms. The highest BCUT2D eigenvalue weighted by Gasteiger charge is 2.31. The maximum atomic E-state index is 12.0. The van der Waals surface area contributed by atoms with E-state index in [2.05, 4.69) is 15.4 Å². The molecule has 1 aliphatic heterocycles. The number of carbonyl (C=O) groups excluding carboxylic acids is 1. The molecule has 0 aromatic carbocycles. The predicted molar refractivity (Wildman–Crippen MR) is 63.9 cm³/mol. The van der Waals surface area contributed by atoms with Crippen molar-refractivity contribution in [3.05, 3.63) is 17.6 Å². The molecule has 0 bridgehead atoms. The van der Waals surface area contributed by atoms with Crippen LogP contribution in [-0.4, -0.2) is 41.1 Å². The summed E-state index contributed by atoms with van der Waals surface area (Å²) in [5.41, 5.74) is 1.20. The molecule has 1 aromatic heterocycles. The van der Waals surface area contributed by atoms with Gasteiger partial charge in [0, 0.05) is 7.11 Å². The lowest BCUT2D eigenvalue weighted by Crippen LogP contribution is -2.29. The Morgan fingerprint density at radius 3 is 3.06 bits per heavy atom. The van der Waals surface area contributed by atoms with Crippen LogP contribution in [0.3, 0.4) is 0 Å². The number of nitrogens with zero attached hydrogens (tertiary/aromatic N) is 3. The molecular formula is C11H16N4O3. The second-order valence-electron chi connectivity index (χ2n) is 3.87. The van der Waals surface area contributed by atoms with Gasteiger partial charge in [-0.15, -0.1) is 0 Å². The highest BCUT2D eigenvalue weighted by Crippen LogP contribution is 2.29. The Kier molecular flexibility index (Phi) is 3.61. The molecule has 0 fully saturated rings. The normalized spacial score (nSPS) is 18.3. The van der Waals surface area contributed by atoms with E-state index in [1.807, 2.05) is 6.92 Å². The van der Waals surface area contributed by atoms with Crippen molar-refractivity contribution in [2.24, 2.45) is 0 Å². The summed E-state index contributed by atoms with van der Waals surface area (Å²) < 4.78 is 11.8. The highest BCUT2D eigenvalue weighted by atomic mass is 16.5. The molecule has 0 amide bonds. The summed E-state index contributed by atoms with van der Waals surface area (Å²) >= 11 is 0. The van der Waals surface area contributed by atoms with Crippen molar-refractivity contribution in [1.82, 2.24) is 14.8 Å². The molecule has 1 N–H and O–H groups in total. The van der Waals surface area contributed by atoms with Crippen molar-refractivity contribution in [1.29, 1.82) is 0 Å². The topological polar surface area (TPSA) is 78.3 Å². The summed E-state index contributed by atoms with van der Waals surface area (Å²) in [5.74, 6) is 0.244. The quantitative estimate of drug-likeness (QED) is 0.796. The fourth-order valence-electron chi connectivity index (χ4n) is 1.96. The Morgan fingerprint density at radius 1 is 1.61 bits per heavy atom. The Hall–Kier alpha value is -1.89. The molecule has 2 heterocycles. The molecule has 0 aliphatic carbocycles. The van der Waals surface area contributed by atoms with Crippen LogP contribution in [-0.2, 0) is 14.3 Å². The second-order valence-corrected chi connectivity index (χ2v) is 3.87. The first kappa shape index (κ1) is 12.6. The Bertz CT molecular complexity index is 480. The van der Waals surface area contributed by atoms with Gasteiger partial charge in [-0.1, -0.05) is 0 Å². The zero-order chi connectivity index (χ0) is 13.1. The summed E-state index contributed by atoms with van der Waals surface area (Å²) in [6.07, 6.45) is 1.44. The largest absolute Gasteiger partial charge is 0.463 e. The van der Waals surface area contributed by atoms with E-state index in [9.17, 15) is 4.79 Å². The van der Waals surface area contributed by atoms with Gasteiger partial charge in [-0.3, -0.25) is 0 Å². The maximum absolute atomic E-state index is 12.0. The molecule has 1 aliphatic rings. The lowest BCUT2D eigenvalue weighted by atomic mass is 10.1. The molecule has 0 spiro atoms. The average molecular weight is 252 g/mol. The van der Waals surface area contributed by atoms with Crippen LogP contribution in [0.5, 0.6) is 0 Å². The van der Waals surface area contributed by atoms with Crippen molar-refractivity contribution in [3.8, 4) is 0 Å². The molecule has 1 unspecified atom stereocenters. The van der Waals surface area contributed by atoms with Crippen molar-refractivity contribution in [3.63, 3.8) is 0 Å². The van der Waals surface area contributed by atoms with E-state index >= 15 is 0 Å². The predicted octanol–water partition coefficient (Wildman–Crippen LogP) is 0.728. The molecule has 1 atom stereocenters. The second kappa shape index (κ2) is 5.18. The van der Waals surface area contributed by atoms with Crippen LogP contribution in [0.15, 0.2) is 17.6 Å². The van der Waals surface area contributed by atoms with E-state index in [0.29, 0.717) is 30.4 Å². The van der Waals surface area contributed by atoms with Gasteiger partial charge in [0.1, 0.15) is 6.33 Å². The standard InChI is InChI=1S/C11H16N4O3/c1-4-18-10(16)9-7(2)15-11(12-6-13-15)14-8(9)5-17-3/h6-7H,4-5H2,1-3H3,(H,12,13,14). The Balaban J connectivity index is 2.38. The van der Waals surface area contributed by atoms with Gasteiger partial charge in [-0.2, -0.15) is 10.1 Å². The number of methoxy groups -OCH3 is 1. The van der Waals surface area contributed by atoms with Crippen molar-refractivity contribution < 1.29 is 14.3 Å². The number of rotatable bonds is 4. The molecule has 18 heavy (non-hydrogen) atoms. The van der Waals surface area contributed by atoms with Crippen LogP contribution >= 0.6 is 0 Å². The number of carbonyl (C=O) groups is 1. The van der Waals surface area contributed by atoms with E-state index in [-0.39, 0.29) is 12.0 Å². The zero-order valence-electron chi connectivity index (χ0n) is 10.6. The first-order valence-corrected chi connectivity index (χ1v) is 5.74. The number of esters is 1. The third-order valence-corrected chi connectivity index (χ3v) is 2.73. The average Bonchev–Trinajstić information content (AvgIpc) is 2.78. The van der Waals surface area contributed by atoms with Gasteiger partial charge in [0.25, 0.3) is 0 Å². The lowest BCUT2D eigenvalue weighted by molar-refractivity contribution is -0.139. The summed E-state index contributed by atoms with van der Waals surface area (Å²) in [7, 11) is 1.57. The molecule has 7 nitrogen and oxygen atoms in total. The SMILES string of the molecule is CCOC(=O)C1=C(COC)Nc2ncnn2C1C. The van der Waals surface area contributed by atoms with Crippen LogP contribution in [0, 0.1) is 0 Å². The lowest BCUT2D eigenvalue weighted by Gasteiger charge is -2.26. The molecule has 1 aromatic rings. The molecule has 0 saturated carbocycles. The first-order chi connectivity index (χ1) is 8.69. The number of hydrogen-bond acceptors (Lipinski definition) is 6. The minimum Gasteiger partial charge on any atom is -0.463 e. The monoisotopic (exact) mass is 252 g/mol. The zero-order valence-corrected chi connectivity index (χ0v) is 10.6. The van der Waals surface area contributed by atoms with Gasteiger partial charge in [0.2, 0.25) is 5.95 Å². The fourth-order valence-corrected chi connectivity index (χ4v) is 1.96. The summed E-state index contributed by atoms with van der Waals surface area (Å²) in [6, 6.07) is -0.229. The summed E-state index contributed by atoms with van der Waals surface area (Å²) in [5, 5.41) is 7.13. The van der Waals surface area contributed by atoms with Crippen molar-refractivity contribution in [2.45, 2.75) is 19.9 Å². The molecular weight excluding hydrogens is 236 g/mol. The van der Waals surface area contributed by atoms with E-state index in [1.54, 1.807) is 18.7 Å².